The van der Waals surface area contributed by atoms with Gasteiger partial charge in [0.15, 0.2) is 0 Å². The maximum atomic E-state index is 12.0. The highest BCUT2D eigenvalue weighted by molar-refractivity contribution is 7.92. The van der Waals surface area contributed by atoms with E-state index in [-0.39, 0.29) is 0 Å². The molecular weight excluding hydrogens is 442 g/mol. The zero-order valence-corrected chi connectivity index (χ0v) is 19.0. The van der Waals surface area contributed by atoms with Gasteiger partial charge in [0.1, 0.15) is 23.8 Å². The second-order valence-corrected chi connectivity index (χ2v) is 9.76. The van der Waals surface area contributed by atoms with Crippen molar-refractivity contribution in [3.05, 3.63) is 60.6 Å². The lowest BCUT2D eigenvalue weighted by atomic mass is 10.2. The van der Waals surface area contributed by atoms with Gasteiger partial charge in [-0.3, -0.25) is 4.31 Å². The summed E-state index contributed by atoms with van der Waals surface area (Å²) in [5.74, 6) is 1.62. The Bertz CT molecular complexity index is 1440. The zero-order chi connectivity index (χ0) is 23.0. The van der Waals surface area contributed by atoms with Crippen LogP contribution in [0.25, 0.3) is 11.0 Å². The molecule has 0 amide bonds. The second-order valence-electron chi connectivity index (χ2n) is 7.74. The first-order valence-electron chi connectivity index (χ1n) is 10.4. The van der Waals surface area contributed by atoms with E-state index in [9.17, 15) is 8.42 Å². The molecule has 2 N–H and O–H groups in total. The van der Waals surface area contributed by atoms with Gasteiger partial charge in [-0.15, -0.1) is 0 Å². The lowest BCUT2D eigenvalue weighted by Crippen LogP contribution is -2.27. The zero-order valence-electron chi connectivity index (χ0n) is 18.2. The van der Waals surface area contributed by atoms with Crippen LogP contribution in [0, 0.1) is 0 Å². The molecule has 0 radical (unpaired) electrons. The van der Waals surface area contributed by atoms with Crippen LogP contribution in [-0.2, 0) is 16.6 Å². The minimum Gasteiger partial charge on any atom is -0.490 e. The molecule has 5 rings (SSSR count). The van der Waals surface area contributed by atoms with Gasteiger partial charge in [0, 0.05) is 54.9 Å². The molecule has 1 aliphatic rings. The molecule has 0 aliphatic carbocycles. The van der Waals surface area contributed by atoms with Gasteiger partial charge in [0.2, 0.25) is 16.0 Å². The van der Waals surface area contributed by atoms with Gasteiger partial charge in [-0.2, -0.15) is 4.98 Å². The van der Waals surface area contributed by atoms with Gasteiger partial charge < -0.3 is 19.9 Å². The van der Waals surface area contributed by atoms with E-state index >= 15 is 0 Å². The number of ether oxygens (including phenoxy) is 1. The number of hydrogen-bond acceptors (Lipinski definition) is 8. The molecule has 0 atom stereocenters. The number of hydrogen-bond donors (Lipinski definition) is 2. The molecule has 33 heavy (non-hydrogen) atoms. The molecule has 0 unspecified atom stereocenters. The normalized spacial score (nSPS) is 13.2. The molecule has 11 heteroatoms. The van der Waals surface area contributed by atoms with Crippen LogP contribution in [-0.4, -0.2) is 54.4 Å². The molecule has 0 fully saturated rings. The molecule has 0 bridgehead atoms. The third-order valence-electron chi connectivity index (χ3n) is 5.42. The van der Waals surface area contributed by atoms with E-state index in [0.717, 1.165) is 46.5 Å². The molecule has 4 aromatic rings. The summed E-state index contributed by atoms with van der Waals surface area (Å²) in [6.07, 6.45) is 6.39. The lowest BCUT2D eigenvalue weighted by Gasteiger charge is -2.20. The monoisotopic (exact) mass is 465 g/mol. The van der Waals surface area contributed by atoms with Crippen LogP contribution >= 0.6 is 0 Å². The average Bonchev–Trinajstić information content (AvgIpc) is 3.20. The smallest absolute Gasteiger partial charge is 0.233 e. The van der Waals surface area contributed by atoms with Crippen molar-refractivity contribution in [2.75, 3.05) is 41.4 Å². The lowest BCUT2D eigenvalue weighted by molar-refractivity contribution is 0.323. The van der Waals surface area contributed by atoms with Crippen LogP contribution in [0.4, 0.5) is 23.1 Å². The Kier molecular flexibility index (Phi) is 5.25. The van der Waals surface area contributed by atoms with Gasteiger partial charge >= 0.3 is 0 Å². The summed E-state index contributed by atoms with van der Waals surface area (Å²) < 4.78 is 32.9. The first-order chi connectivity index (χ1) is 15.9. The highest BCUT2D eigenvalue weighted by atomic mass is 32.2. The topological polar surface area (TPSA) is 114 Å². The summed E-state index contributed by atoms with van der Waals surface area (Å²) in [5.41, 5.74) is 3.26. The average molecular weight is 466 g/mol. The highest BCUT2D eigenvalue weighted by Crippen LogP contribution is 2.31. The van der Waals surface area contributed by atoms with Crippen LogP contribution in [0.5, 0.6) is 5.75 Å². The summed E-state index contributed by atoms with van der Waals surface area (Å²) in [6.45, 7) is 1.81. The highest BCUT2D eigenvalue weighted by Gasteiger charge is 2.18. The Morgan fingerprint density at radius 3 is 2.97 bits per heavy atom. The number of nitrogens with one attached hydrogen (secondary N) is 2. The summed E-state index contributed by atoms with van der Waals surface area (Å²) in [5, 5.41) is 7.40. The number of rotatable bonds is 6. The maximum absolute atomic E-state index is 12.0. The Hall–Kier alpha value is -3.86. The molecule has 4 heterocycles. The standard InChI is InChI=1S/C22H23N7O3S/c1-28(33(2,30)31)20-16(4-3-8-24-20)14-29-10-7-15-13-25-22(27-21(15)29)26-17-5-6-18-19(12-17)32-11-9-23-18/h3-8,10,12-13,23H,9,11,14H2,1-2H3,(H,25,26,27). The molecule has 0 saturated carbocycles. The number of sulfonamides is 1. The molecule has 10 nitrogen and oxygen atoms in total. The Morgan fingerprint density at radius 1 is 1.24 bits per heavy atom. The SMILES string of the molecule is CN(c1ncccc1Cn1ccc2cnc(Nc3ccc4c(c3)OCCN4)nc21)S(C)(=O)=O. The molecule has 0 spiro atoms. The largest absolute Gasteiger partial charge is 0.490 e. The van der Waals surface area contributed by atoms with Crippen LogP contribution in [0.3, 0.4) is 0 Å². The third-order valence-corrected chi connectivity index (χ3v) is 6.59. The first-order valence-corrected chi connectivity index (χ1v) is 12.2. The predicted molar refractivity (Wildman–Crippen MR) is 128 cm³/mol. The van der Waals surface area contributed by atoms with Crippen molar-refractivity contribution >= 4 is 44.2 Å². The van der Waals surface area contributed by atoms with E-state index < -0.39 is 10.0 Å². The molecular formula is C22H23N7O3S. The maximum Gasteiger partial charge on any atom is 0.233 e. The van der Waals surface area contributed by atoms with Crippen molar-refractivity contribution in [1.82, 2.24) is 19.5 Å². The van der Waals surface area contributed by atoms with Crippen molar-refractivity contribution < 1.29 is 13.2 Å². The van der Waals surface area contributed by atoms with E-state index in [1.54, 1.807) is 18.5 Å². The van der Waals surface area contributed by atoms with Crippen molar-refractivity contribution in [1.29, 1.82) is 0 Å². The molecule has 170 valence electrons. The van der Waals surface area contributed by atoms with E-state index in [1.807, 2.05) is 41.1 Å². The van der Waals surface area contributed by atoms with E-state index in [2.05, 4.69) is 20.6 Å². The quantitative estimate of drug-likeness (QED) is 0.447. The van der Waals surface area contributed by atoms with Gasteiger partial charge in [0.05, 0.1) is 18.5 Å². The Balaban J connectivity index is 1.44. The molecule has 1 aliphatic heterocycles. The van der Waals surface area contributed by atoms with E-state index in [1.165, 1.54) is 11.4 Å². The van der Waals surface area contributed by atoms with Crippen molar-refractivity contribution in [2.45, 2.75) is 6.54 Å². The van der Waals surface area contributed by atoms with Gasteiger partial charge in [0.25, 0.3) is 0 Å². The Morgan fingerprint density at radius 2 is 2.12 bits per heavy atom. The fourth-order valence-corrected chi connectivity index (χ4v) is 4.16. The Labute approximate surface area is 191 Å². The van der Waals surface area contributed by atoms with Crippen LogP contribution in [0.2, 0.25) is 0 Å². The van der Waals surface area contributed by atoms with E-state index in [0.29, 0.717) is 24.9 Å². The molecule has 0 saturated heterocycles. The van der Waals surface area contributed by atoms with Crippen molar-refractivity contribution in [2.24, 2.45) is 0 Å². The number of nitrogens with zero attached hydrogens (tertiary/aromatic N) is 5. The van der Waals surface area contributed by atoms with Crippen LogP contribution < -0.4 is 19.7 Å². The number of fused-ring (bicyclic) bond motifs is 2. The van der Waals surface area contributed by atoms with Gasteiger partial charge in [-0.05, 0) is 24.3 Å². The molecule has 1 aromatic carbocycles. The summed E-state index contributed by atoms with van der Waals surface area (Å²) in [6, 6.07) is 11.4. The van der Waals surface area contributed by atoms with Crippen molar-refractivity contribution in [3.8, 4) is 5.75 Å². The third kappa shape index (κ3) is 4.27. The van der Waals surface area contributed by atoms with Gasteiger partial charge in [-0.25, -0.2) is 18.4 Å². The number of aromatic nitrogens is 4. The fraction of sp³-hybridized carbons (Fsp3) is 0.227. The predicted octanol–water partition coefficient (Wildman–Crippen LogP) is 2.82. The minimum atomic E-state index is -3.44. The van der Waals surface area contributed by atoms with Gasteiger partial charge in [-0.1, -0.05) is 6.07 Å². The number of benzene rings is 1. The van der Waals surface area contributed by atoms with Crippen molar-refractivity contribution in [3.63, 3.8) is 0 Å². The second kappa shape index (κ2) is 8.24. The van der Waals surface area contributed by atoms with E-state index in [4.69, 9.17) is 9.72 Å². The summed E-state index contributed by atoms with van der Waals surface area (Å²) >= 11 is 0. The number of anilines is 4. The summed E-state index contributed by atoms with van der Waals surface area (Å²) in [7, 11) is -1.94. The molecule has 3 aromatic heterocycles. The fourth-order valence-electron chi connectivity index (χ4n) is 3.68. The van der Waals surface area contributed by atoms with Crippen LogP contribution in [0.15, 0.2) is 55.0 Å². The van der Waals surface area contributed by atoms with Crippen LogP contribution in [0.1, 0.15) is 5.56 Å². The first kappa shape index (κ1) is 21.0. The summed E-state index contributed by atoms with van der Waals surface area (Å²) in [4.78, 5) is 13.4. The minimum absolute atomic E-state index is 0.386. The number of pyridine rings is 1.